The molecule has 0 bridgehead atoms. The van der Waals surface area contributed by atoms with Gasteiger partial charge in [-0.3, -0.25) is 9.59 Å². The lowest BCUT2D eigenvalue weighted by molar-refractivity contribution is -0.123. The van der Waals surface area contributed by atoms with E-state index in [1.807, 2.05) is 6.08 Å². The standard InChI is InChI=1S/C32H53N3O2/c1-4-5-6-7-8-9-10-11-12-13-14-15-16-17-18-19-20-21-22-23-31(36)34-24-25-35-32(37)27-30(28-33)26-29(2)3/h5-6,8-9,11-12,14-15,17-18,20-21,29-30H,4,7,10,13,16,19,22-28,33H2,1-3H3,(H,34,36)(H,35,37)/t30-/m0/s1. The average molecular weight is 512 g/mol. The molecule has 5 heteroatoms. The van der Waals surface area contributed by atoms with Gasteiger partial charge in [-0.2, -0.15) is 0 Å². The molecule has 0 aromatic rings. The number of hydrogen-bond acceptors (Lipinski definition) is 3. The molecule has 0 aromatic heterocycles. The van der Waals surface area contributed by atoms with Crippen LogP contribution in [0.4, 0.5) is 0 Å². The summed E-state index contributed by atoms with van der Waals surface area (Å²) >= 11 is 0. The first-order valence-corrected chi connectivity index (χ1v) is 14.1. The van der Waals surface area contributed by atoms with Crippen molar-refractivity contribution in [2.45, 2.75) is 85.0 Å². The van der Waals surface area contributed by atoms with E-state index < -0.39 is 0 Å². The number of allylic oxidation sites excluding steroid dienone is 12. The van der Waals surface area contributed by atoms with Gasteiger partial charge < -0.3 is 16.4 Å². The molecule has 0 radical (unpaired) electrons. The molecule has 0 aliphatic carbocycles. The van der Waals surface area contributed by atoms with E-state index in [0.29, 0.717) is 38.4 Å². The van der Waals surface area contributed by atoms with Gasteiger partial charge in [-0.05, 0) is 69.7 Å². The van der Waals surface area contributed by atoms with Gasteiger partial charge in [0, 0.05) is 25.9 Å². The minimum absolute atomic E-state index is 0.00308. The van der Waals surface area contributed by atoms with E-state index in [0.717, 1.165) is 51.4 Å². The Hall–Kier alpha value is -2.66. The van der Waals surface area contributed by atoms with E-state index in [4.69, 9.17) is 5.73 Å². The van der Waals surface area contributed by atoms with Crippen LogP contribution in [0.3, 0.4) is 0 Å². The molecule has 0 aliphatic rings. The van der Waals surface area contributed by atoms with E-state index in [9.17, 15) is 9.59 Å². The molecule has 0 spiro atoms. The highest BCUT2D eigenvalue weighted by atomic mass is 16.2. The Labute approximate surface area is 227 Å². The Morgan fingerprint density at radius 2 is 1.11 bits per heavy atom. The topological polar surface area (TPSA) is 84.2 Å². The first-order chi connectivity index (χ1) is 18.0. The fourth-order valence-corrected chi connectivity index (χ4v) is 3.61. The SMILES string of the molecule is CCC=CCC=CCC=CCC=CCC=CCC=CCCC(=O)NCCNC(=O)C[C@@H](CN)CC(C)C. The average Bonchev–Trinajstić information content (AvgIpc) is 2.87. The highest BCUT2D eigenvalue weighted by Crippen LogP contribution is 2.13. The van der Waals surface area contributed by atoms with E-state index in [1.54, 1.807) is 0 Å². The fraction of sp³-hybridized carbons (Fsp3) is 0.562. The molecule has 4 N–H and O–H groups in total. The first-order valence-electron chi connectivity index (χ1n) is 14.1. The predicted octanol–water partition coefficient (Wildman–Crippen LogP) is 6.71. The maximum Gasteiger partial charge on any atom is 0.220 e. The number of carbonyl (C=O) groups excluding carboxylic acids is 2. The summed E-state index contributed by atoms with van der Waals surface area (Å²) in [6.45, 7) is 7.84. The van der Waals surface area contributed by atoms with Gasteiger partial charge >= 0.3 is 0 Å². The number of hydrogen-bond donors (Lipinski definition) is 3. The molecule has 5 nitrogen and oxygen atoms in total. The Balaban J connectivity index is 3.70. The van der Waals surface area contributed by atoms with E-state index in [1.165, 1.54) is 0 Å². The second kappa shape index (κ2) is 26.4. The predicted molar refractivity (Wildman–Crippen MR) is 160 cm³/mol. The quantitative estimate of drug-likeness (QED) is 0.112. The van der Waals surface area contributed by atoms with Crippen LogP contribution in [0.15, 0.2) is 72.9 Å². The second-order valence-electron chi connectivity index (χ2n) is 9.59. The van der Waals surface area contributed by atoms with E-state index >= 15 is 0 Å². The van der Waals surface area contributed by atoms with E-state index in [2.05, 4.69) is 98.2 Å². The van der Waals surface area contributed by atoms with Crippen LogP contribution in [0, 0.1) is 11.8 Å². The van der Waals surface area contributed by atoms with Crippen LogP contribution < -0.4 is 16.4 Å². The summed E-state index contributed by atoms with van der Waals surface area (Å²) in [6, 6.07) is 0. The van der Waals surface area contributed by atoms with Gasteiger partial charge in [0.25, 0.3) is 0 Å². The van der Waals surface area contributed by atoms with E-state index in [-0.39, 0.29) is 17.7 Å². The summed E-state index contributed by atoms with van der Waals surface area (Å²) in [5, 5.41) is 5.71. The molecule has 37 heavy (non-hydrogen) atoms. The van der Waals surface area contributed by atoms with Crippen molar-refractivity contribution < 1.29 is 9.59 Å². The summed E-state index contributed by atoms with van der Waals surface area (Å²) in [6.07, 6.45) is 34.5. The minimum atomic E-state index is 0.00308. The van der Waals surface area contributed by atoms with Gasteiger partial charge in [0.15, 0.2) is 0 Å². The third-order valence-corrected chi connectivity index (χ3v) is 5.52. The summed E-state index contributed by atoms with van der Waals surface area (Å²) in [5.74, 6) is 0.759. The lowest BCUT2D eigenvalue weighted by atomic mass is 9.94. The van der Waals surface area contributed by atoms with Gasteiger partial charge in [0.2, 0.25) is 11.8 Å². The third-order valence-electron chi connectivity index (χ3n) is 5.52. The molecule has 0 aromatic carbocycles. The van der Waals surface area contributed by atoms with Crippen LogP contribution in [-0.4, -0.2) is 31.4 Å². The second-order valence-corrected chi connectivity index (χ2v) is 9.59. The smallest absolute Gasteiger partial charge is 0.220 e. The Morgan fingerprint density at radius 1 is 0.676 bits per heavy atom. The number of amides is 2. The normalized spacial score (nSPS) is 13.4. The van der Waals surface area contributed by atoms with Gasteiger partial charge in [-0.1, -0.05) is 93.7 Å². The van der Waals surface area contributed by atoms with Crippen LogP contribution in [0.2, 0.25) is 0 Å². The molecular weight excluding hydrogens is 458 g/mol. The van der Waals surface area contributed by atoms with Crippen molar-refractivity contribution in [3.63, 3.8) is 0 Å². The highest BCUT2D eigenvalue weighted by molar-refractivity contribution is 5.77. The highest BCUT2D eigenvalue weighted by Gasteiger charge is 2.13. The molecule has 0 unspecified atom stereocenters. The summed E-state index contributed by atoms with van der Waals surface area (Å²) in [4.78, 5) is 23.9. The van der Waals surface area contributed by atoms with Gasteiger partial charge in [0.05, 0.1) is 0 Å². The zero-order valence-corrected chi connectivity index (χ0v) is 23.7. The summed E-state index contributed by atoms with van der Waals surface area (Å²) < 4.78 is 0. The minimum Gasteiger partial charge on any atom is -0.354 e. The lowest BCUT2D eigenvalue weighted by Crippen LogP contribution is -2.36. The van der Waals surface area contributed by atoms with Crippen LogP contribution in [0.5, 0.6) is 0 Å². The number of carbonyl (C=O) groups is 2. The zero-order chi connectivity index (χ0) is 27.4. The van der Waals surface area contributed by atoms with Crippen LogP contribution in [-0.2, 0) is 9.59 Å². The number of rotatable bonds is 22. The first kappa shape index (κ1) is 34.3. The number of nitrogens with two attached hydrogens (primary N) is 1. The van der Waals surface area contributed by atoms with Gasteiger partial charge in [-0.25, -0.2) is 0 Å². The van der Waals surface area contributed by atoms with Crippen molar-refractivity contribution in [3.05, 3.63) is 72.9 Å². The Bertz CT molecular complexity index is 745. The Kier molecular flexibility index (Phi) is 24.5. The molecule has 0 rings (SSSR count). The fourth-order valence-electron chi connectivity index (χ4n) is 3.61. The van der Waals surface area contributed by atoms with Gasteiger partial charge in [0.1, 0.15) is 0 Å². The maximum absolute atomic E-state index is 12.0. The van der Waals surface area contributed by atoms with Crippen molar-refractivity contribution in [1.82, 2.24) is 10.6 Å². The summed E-state index contributed by atoms with van der Waals surface area (Å²) in [7, 11) is 0. The molecule has 208 valence electrons. The monoisotopic (exact) mass is 511 g/mol. The molecule has 2 amide bonds. The van der Waals surface area contributed by atoms with Crippen LogP contribution >= 0.6 is 0 Å². The molecule has 1 atom stereocenters. The molecule has 0 saturated carbocycles. The molecule has 0 saturated heterocycles. The maximum atomic E-state index is 12.0. The number of nitrogens with one attached hydrogen (secondary N) is 2. The molecule has 0 heterocycles. The van der Waals surface area contributed by atoms with Crippen molar-refractivity contribution in [3.8, 4) is 0 Å². The largest absolute Gasteiger partial charge is 0.354 e. The molecule has 0 fully saturated rings. The van der Waals surface area contributed by atoms with Crippen molar-refractivity contribution in [1.29, 1.82) is 0 Å². The van der Waals surface area contributed by atoms with Crippen LogP contribution in [0.25, 0.3) is 0 Å². The van der Waals surface area contributed by atoms with Crippen molar-refractivity contribution >= 4 is 11.8 Å². The molecule has 0 aliphatic heterocycles. The van der Waals surface area contributed by atoms with Crippen molar-refractivity contribution in [2.24, 2.45) is 17.6 Å². The van der Waals surface area contributed by atoms with Crippen molar-refractivity contribution in [2.75, 3.05) is 19.6 Å². The molecular formula is C32H53N3O2. The third kappa shape index (κ3) is 26.2. The zero-order valence-electron chi connectivity index (χ0n) is 23.7. The summed E-state index contributed by atoms with van der Waals surface area (Å²) in [5.41, 5.74) is 5.75. The van der Waals surface area contributed by atoms with Crippen LogP contribution in [0.1, 0.15) is 85.0 Å². The van der Waals surface area contributed by atoms with Gasteiger partial charge in [-0.15, -0.1) is 0 Å². The lowest BCUT2D eigenvalue weighted by Gasteiger charge is -2.16. The Morgan fingerprint density at radius 3 is 1.54 bits per heavy atom.